The third-order valence-corrected chi connectivity index (χ3v) is 5.75. The van der Waals surface area contributed by atoms with E-state index in [0.29, 0.717) is 23.8 Å². The van der Waals surface area contributed by atoms with Crippen molar-refractivity contribution in [1.29, 1.82) is 0 Å². The highest BCUT2D eigenvalue weighted by molar-refractivity contribution is 5.98. The lowest BCUT2D eigenvalue weighted by atomic mass is 9.89. The number of hydrogen-bond acceptors (Lipinski definition) is 8. The van der Waals surface area contributed by atoms with Crippen LogP contribution >= 0.6 is 0 Å². The highest BCUT2D eigenvalue weighted by Crippen LogP contribution is 2.37. The van der Waals surface area contributed by atoms with Crippen molar-refractivity contribution in [3.63, 3.8) is 0 Å². The van der Waals surface area contributed by atoms with Gasteiger partial charge in [0.15, 0.2) is 11.5 Å². The zero-order chi connectivity index (χ0) is 26.2. The highest BCUT2D eigenvalue weighted by atomic mass is 19.4. The lowest BCUT2D eigenvalue weighted by Gasteiger charge is -2.34. The molecule has 2 amide bonds. The van der Waals surface area contributed by atoms with E-state index < -0.39 is 29.9 Å². The van der Waals surface area contributed by atoms with Gasteiger partial charge >= 0.3 is 12.3 Å². The van der Waals surface area contributed by atoms with Gasteiger partial charge in [-0.25, -0.2) is 14.8 Å². The van der Waals surface area contributed by atoms with Gasteiger partial charge in [0.1, 0.15) is 23.1 Å². The number of carbonyl (C=O) groups is 2. The number of halogens is 3. The van der Waals surface area contributed by atoms with E-state index in [9.17, 15) is 22.8 Å². The Morgan fingerprint density at radius 2 is 1.92 bits per heavy atom. The average Bonchev–Trinajstić information content (AvgIpc) is 3.26. The molecule has 0 radical (unpaired) electrons. The summed E-state index contributed by atoms with van der Waals surface area (Å²) in [5.74, 6) is -0.286. The summed E-state index contributed by atoms with van der Waals surface area (Å²) in [5.41, 5.74) is 5.17. The number of nitrogens with two attached hydrogens (primary N) is 1. The van der Waals surface area contributed by atoms with Crippen LogP contribution in [-0.2, 0) is 10.9 Å². The minimum absolute atomic E-state index is 0.00361. The standard InChI is InChI=1S/C23H24F3N5O5/c1-10(27)19-18(20(32)29-11-8-12(9-11)35-22(33)28-2)31-21(36-19)14-4-6-15(34-3)17-13(14)5-7-16(30-17)23(24,25)26/h4-7,10-12H,8-9,27H2,1-3H3,(H,28,33)(H,29,32)/t10-,11-,12+/m0/s1. The van der Waals surface area contributed by atoms with Gasteiger partial charge in [0.25, 0.3) is 5.91 Å². The second-order valence-corrected chi connectivity index (χ2v) is 8.35. The van der Waals surface area contributed by atoms with E-state index in [0.717, 1.165) is 6.07 Å². The van der Waals surface area contributed by atoms with E-state index >= 15 is 0 Å². The molecule has 1 atom stereocenters. The van der Waals surface area contributed by atoms with Crippen molar-refractivity contribution in [3.8, 4) is 17.2 Å². The molecule has 1 aromatic carbocycles. The maximum absolute atomic E-state index is 13.2. The third kappa shape index (κ3) is 4.91. The summed E-state index contributed by atoms with van der Waals surface area (Å²) in [7, 11) is 2.78. The number of aromatic nitrogens is 2. The number of nitrogens with zero attached hydrogens (tertiary/aromatic N) is 2. The van der Waals surface area contributed by atoms with Gasteiger partial charge in [0.2, 0.25) is 5.89 Å². The minimum atomic E-state index is -4.64. The molecule has 1 aliphatic carbocycles. The number of rotatable bonds is 6. The van der Waals surface area contributed by atoms with Crippen LogP contribution < -0.4 is 21.1 Å². The van der Waals surface area contributed by atoms with Crippen LogP contribution in [0.5, 0.6) is 5.75 Å². The van der Waals surface area contributed by atoms with Gasteiger partial charge in [-0.15, -0.1) is 0 Å². The molecule has 4 rings (SSSR count). The van der Waals surface area contributed by atoms with E-state index in [1.807, 2.05) is 0 Å². The Hall–Kier alpha value is -3.87. The fraction of sp³-hybridized carbons (Fsp3) is 0.391. The minimum Gasteiger partial charge on any atom is -0.494 e. The van der Waals surface area contributed by atoms with E-state index in [-0.39, 0.29) is 40.8 Å². The van der Waals surface area contributed by atoms with E-state index in [1.54, 1.807) is 13.0 Å². The zero-order valence-corrected chi connectivity index (χ0v) is 19.6. The number of alkyl halides is 3. The molecule has 0 unspecified atom stereocenters. The second kappa shape index (κ2) is 9.64. The quantitative estimate of drug-likeness (QED) is 0.460. The number of pyridine rings is 1. The summed E-state index contributed by atoms with van der Waals surface area (Å²) in [6, 6.07) is 4.17. The monoisotopic (exact) mass is 507 g/mol. The number of amides is 2. The van der Waals surface area contributed by atoms with E-state index in [4.69, 9.17) is 19.6 Å². The molecule has 4 N–H and O–H groups in total. The molecule has 1 saturated carbocycles. The first-order valence-corrected chi connectivity index (χ1v) is 11.0. The molecular weight excluding hydrogens is 483 g/mol. The smallest absolute Gasteiger partial charge is 0.433 e. The molecule has 1 fully saturated rings. The summed E-state index contributed by atoms with van der Waals surface area (Å²) in [6.07, 6.45) is -4.62. The SMILES string of the molecule is CNC(=O)O[C@H]1C[C@@H](NC(=O)c2nc(-c3ccc(OC)c4nc(C(F)(F)F)ccc34)oc2[C@H](C)N)C1. The largest absolute Gasteiger partial charge is 0.494 e. The van der Waals surface area contributed by atoms with Crippen LogP contribution in [0, 0.1) is 0 Å². The lowest BCUT2D eigenvalue weighted by molar-refractivity contribution is -0.140. The number of ether oxygens (including phenoxy) is 2. The molecule has 0 saturated heterocycles. The summed E-state index contributed by atoms with van der Waals surface area (Å²) in [6.45, 7) is 1.61. The first-order valence-electron chi connectivity index (χ1n) is 11.0. The summed E-state index contributed by atoms with van der Waals surface area (Å²) >= 11 is 0. The first-order chi connectivity index (χ1) is 17.0. The van der Waals surface area contributed by atoms with Crippen LogP contribution in [-0.4, -0.2) is 48.3 Å². The summed E-state index contributed by atoms with van der Waals surface area (Å²) < 4.78 is 55.8. The van der Waals surface area contributed by atoms with Crippen molar-refractivity contribution in [3.05, 3.63) is 41.4 Å². The number of oxazole rings is 1. The molecule has 192 valence electrons. The molecule has 10 nitrogen and oxygen atoms in total. The van der Waals surface area contributed by atoms with Crippen LogP contribution in [0.1, 0.15) is 47.7 Å². The molecule has 0 spiro atoms. The van der Waals surface area contributed by atoms with Crippen molar-refractivity contribution in [2.45, 2.75) is 44.1 Å². The Morgan fingerprint density at radius 3 is 2.53 bits per heavy atom. The zero-order valence-electron chi connectivity index (χ0n) is 19.6. The maximum atomic E-state index is 13.2. The molecule has 0 bridgehead atoms. The predicted octanol–water partition coefficient (Wildman–Crippen LogP) is 3.55. The molecule has 1 aliphatic rings. The van der Waals surface area contributed by atoms with Gasteiger partial charge in [-0.1, -0.05) is 0 Å². The van der Waals surface area contributed by atoms with Gasteiger partial charge in [-0.05, 0) is 31.2 Å². The van der Waals surface area contributed by atoms with Crippen LogP contribution in [0.4, 0.5) is 18.0 Å². The van der Waals surface area contributed by atoms with Gasteiger partial charge in [0.05, 0.1) is 13.2 Å². The van der Waals surface area contributed by atoms with Crippen molar-refractivity contribution in [1.82, 2.24) is 20.6 Å². The fourth-order valence-electron chi connectivity index (χ4n) is 3.86. The molecule has 2 heterocycles. The van der Waals surface area contributed by atoms with Crippen molar-refractivity contribution in [2.75, 3.05) is 14.2 Å². The van der Waals surface area contributed by atoms with Crippen molar-refractivity contribution < 1.29 is 36.7 Å². The Balaban J connectivity index is 1.64. The van der Waals surface area contributed by atoms with Crippen LogP contribution in [0.3, 0.4) is 0 Å². The van der Waals surface area contributed by atoms with Gasteiger partial charge in [-0.3, -0.25) is 4.79 Å². The number of fused-ring (bicyclic) bond motifs is 1. The van der Waals surface area contributed by atoms with Gasteiger partial charge < -0.3 is 30.3 Å². The van der Waals surface area contributed by atoms with Crippen LogP contribution in [0.25, 0.3) is 22.4 Å². The van der Waals surface area contributed by atoms with Crippen molar-refractivity contribution in [2.24, 2.45) is 5.73 Å². The highest BCUT2D eigenvalue weighted by Gasteiger charge is 2.36. The predicted molar refractivity (Wildman–Crippen MR) is 121 cm³/mol. The Kier molecular flexibility index (Phi) is 6.76. The average molecular weight is 507 g/mol. The number of methoxy groups -OCH3 is 1. The summed E-state index contributed by atoms with van der Waals surface area (Å²) in [5, 5.41) is 5.46. The third-order valence-electron chi connectivity index (χ3n) is 5.75. The Bertz CT molecular complexity index is 1300. The topological polar surface area (TPSA) is 142 Å². The number of hydrogen-bond donors (Lipinski definition) is 3. The molecule has 0 aliphatic heterocycles. The van der Waals surface area contributed by atoms with Crippen molar-refractivity contribution >= 4 is 22.9 Å². The Morgan fingerprint density at radius 1 is 1.19 bits per heavy atom. The normalized spacial score (nSPS) is 18.3. The molecule has 36 heavy (non-hydrogen) atoms. The summed E-state index contributed by atoms with van der Waals surface area (Å²) in [4.78, 5) is 32.3. The van der Waals surface area contributed by atoms with Crippen LogP contribution in [0.2, 0.25) is 0 Å². The van der Waals surface area contributed by atoms with E-state index in [2.05, 4.69) is 20.6 Å². The van der Waals surface area contributed by atoms with Crippen LogP contribution in [0.15, 0.2) is 28.7 Å². The number of alkyl carbamates (subject to hydrolysis) is 1. The molecule has 2 aromatic heterocycles. The number of carbonyl (C=O) groups excluding carboxylic acids is 2. The molecule has 13 heteroatoms. The number of nitrogens with one attached hydrogen (secondary N) is 2. The van der Waals surface area contributed by atoms with Gasteiger partial charge in [-0.2, -0.15) is 13.2 Å². The van der Waals surface area contributed by atoms with E-state index in [1.165, 1.54) is 26.3 Å². The van der Waals surface area contributed by atoms with Gasteiger partial charge in [0, 0.05) is 36.9 Å². The number of benzene rings is 1. The Labute approximate surface area is 203 Å². The first kappa shape index (κ1) is 25.2. The maximum Gasteiger partial charge on any atom is 0.433 e. The molecular formula is C23H24F3N5O5. The second-order valence-electron chi connectivity index (χ2n) is 8.35. The lowest BCUT2D eigenvalue weighted by Crippen LogP contribution is -2.49. The fourth-order valence-corrected chi connectivity index (χ4v) is 3.86. The molecule has 3 aromatic rings.